The van der Waals surface area contributed by atoms with Crippen LogP contribution in [0.2, 0.25) is 0 Å². The van der Waals surface area contributed by atoms with Crippen LogP contribution < -0.4 is 21.1 Å². The molecule has 4 rings (SSSR count). The van der Waals surface area contributed by atoms with E-state index in [0.717, 1.165) is 40.1 Å². The predicted molar refractivity (Wildman–Crippen MR) is 166 cm³/mol. The summed E-state index contributed by atoms with van der Waals surface area (Å²) in [5.41, 5.74) is 7.26. The highest BCUT2D eigenvalue weighted by Crippen LogP contribution is 2.21. The number of piperidine rings is 1. The first kappa shape index (κ1) is 31.8. The van der Waals surface area contributed by atoms with Crippen molar-refractivity contribution in [1.82, 2.24) is 15.5 Å². The summed E-state index contributed by atoms with van der Waals surface area (Å²) in [7, 11) is 1.54. The van der Waals surface area contributed by atoms with Gasteiger partial charge in [-0.3, -0.25) is 19.2 Å². The van der Waals surface area contributed by atoms with Gasteiger partial charge < -0.3 is 31.1 Å². The number of nitrogens with one attached hydrogen (secondary N) is 2. The van der Waals surface area contributed by atoms with E-state index in [2.05, 4.69) is 10.6 Å². The summed E-state index contributed by atoms with van der Waals surface area (Å²) in [5, 5.41) is 17.1. The monoisotopic (exact) mass is 606 g/mol. The van der Waals surface area contributed by atoms with Crippen LogP contribution in [0.15, 0.2) is 66.7 Å². The molecule has 3 atom stereocenters. The average Bonchev–Trinajstić information content (AvgIpc) is 3.02. The molecule has 0 bridgehead atoms. The van der Waals surface area contributed by atoms with Gasteiger partial charge in [0.15, 0.2) is 0 Å². The lowest BCUT2D eigenvalue weighted by Gasteiger charge is -2.37. The summed E-state index contributed by atoms with van der Waals surface area (Å²) < 4.78 is 5.22. The van der Waals surface area contributed by atoms with Gasteiger partial charge in [0.05, 0.1) is 19.5 Å². The van der Waals surface area contributed by atoms with Gasteiger partial charge in [0, 0.05) is 18.7 Å². The Morgan fingerprint density at radius 1 is 0.977 bits per heavy atom. The van der Waals surface area contributed by atoms with Crippen molar-refractivity contribution < 1.29 is 29.0 Å². The van der Waals surface area contributed by atoms with Crippen LogP contribution >= 0.6 is 11.8 Å². The van der Waals surface area contributed by atoms with Gasteiger partial charge >= 0.3 is 0 Å². The smallest absolute Gasteiger partial charge is 0.246 e. The van der Waals surface area contributed by atoms with Crippen molar-refractivity contribution in [3.63, 3.8) is 0 Å². The van der Waals surface area contributed by atoms with E-state index in [9.17, 15) is 24.3 Å². The summed E-state index contributed by atoms with van der Waals surface area (Å²) in [6.07, 6.45) is 2.08. The number of likely N-dealkylation sites (tertiary alicyclic amines) is 1. The second kappa shape index (κ2) is 15.4. The molecule has 10 nitrogen and oxygen atoms in total. The minimum atomic E-state index is -0.962. The third-order valence-electron chi connectivity index (χ3n) is 7.51. The number of fused-ring (bicyclic) bond motifs is 1. The zero-order valence-electron chi connectivity index (χ0n) is 24.2. The summed E-state index contributed by atoms with van der Waals surface area (Å²) in [5.74, 6) is -1.39. The minimum absolute atomic E-state index is 0.0315. The highest BCUT2D eigenvalue weighted by molar-refractivity contribution is 7.99. The van der Waals surface area contributed by atoms with Crippen molar-refractivity contribution in [2.45, 2.75) is 50.2 Å². The first-order chi connectivity index (χ1) is 20.8. The van der Waals surface area contributed by atoms with Crippen LogP contribution in [-0.2, 0) is 32.0 Å². The third-order valence-corrected chi connectivity index (χ3v) is 8.26. The first-order valence-corrected chi connectivity index (χ1v) is 15.4. The van der Waals surface area contributed by atoms with Gasteiger partial charge in [0.2, 0.25) is 23.6 Å². The molecule has 11 heteroatoms. The second-order valence-corrected chi connectivity index (χ2v) is 11.5. The lowest BCUT2D eigenvalue weighted by Crippen LogP contribution is -2.60. The Morgan fingerprint density at radius 2 is 1.77 bits per heavy atom. The number of thioether (sulfide) groups is 1. The van der Waals surface area contributed by atoms with Gasteiger partial charge in [-0.15, -0.1) is 11.8 Å². The summed E-state index contributed by atoms with van der Waals surface area (Å²) in [4.78, 5) is 54.1. The van der Waals surface area contributed by atoms with Crippen molar-refractivity contribution >= 4 is 46.2 Å². The largest absolute Gasteiger partial charge is 0.497 e. The summed E-state index contributed by atoms with van der Waals surface area (Å²) in [6, 6.07) is 18.0. The molecule has 0 radical (unpaired) electrons. The van der Waals surface area contributed by atoms with E-state index in [4.69, 9.17) is 10.5 Å². The fourth-order valence-corrected chi connectivity index (χ4v) is 5.89. The number of hydrogen-bond acceptors (Lipinski definition) is 7. The Balaban J connectivity index is 1.45. The zero-order chi connectivity index (χ0) is 30.8. The van der Waals surface area contributed by atoms with Crippen LogP contribution in [0.25, 0.3) is 10.8 Å². The number of ether oxygens (including phenoxy) is 1. The van der Waals surface area contributed by atoms with Crippen molar-refractivity contribution in [3.05, 3.63) is 77.9 Å². The molecule has 1 heterocycles. The number of methoxy groups -OCH3 is 1. The molecule has 0 saturated carbocycles. The Kier molecular flexibility index (Phi) is 11.4. The minimum Gasteiger partial charge on any atom is -0.497 e. The number of rotatable bonds is 13. The second-order valence-electron chi connectivity index (χ2n) is 10.5. The molecule has 0 unspecified atom stereocenters. The van der Waals surface area contributed by atoms with E-state index in [-0.39, 0.29) is 30.4 Å². The third kappa shape index (κ3) is 8.71. The number of aliphatic hydroxyl groups is 1. The molecule has 0 aliphatic carbocycles. The van der Waals surface area contributed by atoms with Crippen LogP contribution in [0.1, 0.15) is 30.4 Å². The van der Waals surface area contributed by atoms with Gasteiger partial charge in [-0.25, -0.2) is 0 Å². The topological polar surface area (TPSA) is 151 Å². The van der Waals surface area contributed by atoms with Crippen molar-refractivity contribution in [3.8, 4) is 5.75 Å². The van der Waals surface area contributed by atoms with Gasteiger partial charge in [0.25, 0.3) is 0 Å². The standard InChI is InChI=1S/C32H38N4O6S/c1-42-25-10-6-7-21(16-25)18-29(38)34-27(19-43-20-37)32(41)36-14-5-4-11-28(36)31(40)35-26(30(33)39)17-22-12-13-23-8-2-3-9-24(23)15-22/h2-3,6-10,12-13,15-16,26-28,37H,4-5,11,14,17-20H2,1H3,(H2,33,39)(H,34,38)(H,35,40)/t26-,27-,28-/m0/s1. The molecule has 3 aromatic carbocycles. The van der Waals surface area contributed by atoms with Crippen LogP contribution in [0.5, 0.6) is 5.75 Å². The lowest BCUT2D eigenvalue weighted by atomic mass is 9.98. The molecule has 1 fully saturated rings. The molecule has 5 N–H and O–H groups in total. The molecule has 0 aromatic heterocycles. The van der Waals surface area contributed by atoms with Gasteiger partial charge in [-0.05, 0) is 53.3 Å². The Bertz CT molecular complexity index is 1450. The van der Waals surface area contributed by atoms with Gasteiger partial charge in [0.1, 0.15) is 23.9 Å². The van der Waals surface area contributed by atoms with Crippen molar-refractivity contribution in [2.75, 3.05) is 25.3 Å². The molecule has 4 amide bonds. The maximum atomic E-state index is 13.8. The van der Waals surface area contributed by atoms with E-state index in [1.54, 1.807) is 31.4 Å². The summed E-state index contributed by atoms with van der Waals surface area (Å²) in [6.45, 7) is 0.328. The quantitative estimate of drug-likeness (QED) is 0.218. The van der Waals surface area contributed by atoms with E-state index < -0.39 is 35.8 Å². The van der Waals surface area contributed by atoms with Crippen molar-refractivity contribution in [1.29, 1.82) is 0 Å². The van der Waals surface area contributed by atoms with Crippen LogP contribution in [0.3, 0.4) is 0 Å². The molecule has 1 saturated heterocycles. The SMILES string of the molecule is COc1cccc(CC(=O)N[C@@H](CSCO)C(=O)N2CCCC[C@H]2C(=O)N[C@@H](Cc2ccc3ccccc3c2)C(N)=O)c1. The number of nitrogens with zero attached hydrogens (tertiary/aromatic N) is 1. The molecule has 228 valence electrons. The van der Waals surface area contributed by atoms with E-state index in [0.29, 0.717) is 25.1 Å². The predicted octanol–water partition coefficient (Wildman–Crippen LogP) is 2.15. The average molecular weight is 607 g/mol. The lowest BCUT2D eigenvalue weighted by molar-refractivity contribution is -0.145. The fraction of sp³-hybridized carbons (Fsp3) is 0.375. The number of nitrogens with two attached hydrogens (primary N) is 1. The van der Waals surface area contributed by atoms with E-state index >= 15 is 0 Å². The number of aliphatic hydroxyl groups excluding tert-OH is 1. The number of primary amides is 1. The molecule has 3 aromatic rings. The molecule has 1 aliphatic heterocycles. The molecule has 43 heavy (non-hydrogen) atoms. The maximum Gasteiger partial charge on any atom is 0.246 e. The molecule has 1 aliphatic rings. The van der Waals surface area contributed by atoms with Crippen LogP contribution in [0, 0.1) is 0 Å². The first-order valence-electron chi connectivity index (χ1n) is 14.3. The summed E-state index contributed by atoms with van der Waals surface area (Å²) >= 11 is 1.10. The van der Waals surface area contributed by atoms with Gasteiger partial charge in [-0.2, -0.15) is 0 Å². The highest BCUT2D eigenvalue weighted by Gasteiger charge is 2.37. The number of amides is 4. The Labute approximate surface area is 255 Å². The normalized spacial score (nSPS) is 16.2. The van der Waals surface area contributed by atoms with Crippen LogP contribution in [0.4, 0.5) is 0 Å². The van der Waals surface area contributed by atoms with Crippen molar-refractivity contribution in [2.24, 2.45) is 5.73 Å². The van der Waals surface area contributed by atoms with E-state index in [1.807, 2.05) is 42.5 Å². The fourth-order valence-electron chi connectivity index (χ4n) is 5.32. The van der Waals surface area contributed by atoms with E-state index in [1.165, 1.54) is 4.90 Å². The molecule has 0 spiro atoms. The Morgan fingerprint density at radius 3 is 2.51 bits per heavy atom. The highest BCUT2D eigenvalue weighted by atomic mass is 32.2. The maximum absolute atomic E-state index is 13.8. The molecular weight excluding hydrogens is 568 g/mol. The number of benzene rings is 3. The number of hydrogen-bond donors (Lipinski definition) is 4. The number of carbonyl (C=O) groups excluding carboxylic acids is 4. The number of carbonyl (C=O) groups is 4. The molecular formula is C32H38N4O6S. The van der Waals surface area contributed by atoms with Gasteiger partial charge in [-0.1, -0.05) is 54.6 Å². The Hall–Kier alpha value is -4.09. The zero-order valence-corrected chi connectivity index (χ0v) is 25.0. The van der Waals surface area contributed by atoms with Crippen LogP contribution in [-0.4, -0.2) is 77.1 Å².